The summed E-state index contributed by atoms with van der Waals surface area (Å²) in [6.45, 7) is 3.97. The SMILES string of the molecule is CSc1ccc(-c2csc(NC(=O)c3cc(C)sc3C)n2)cc1. The normalized spacial score (nSPS) is 10.7. The minimum atomic E-state index is -0.0921. The molecular formula is C17H16N2OS3. The van der Waals surface area contributed by atoms with Gasteiger partial charge in [-0.15, -0.1) is 34.4 Å². The summed E-state index contributed by atoms with van der Waals surface area (Å²) in [5.74, 6) is -0.0921. The smallest absolute Gasteiger partial charge is 0.258 e. The van der Waals surface area contributed by atoms with Gasteiger partial charge >= 0.3 is 0 Å². The van der Waals surface area contributed by atoms with Crippen LogP contribution in [0, 0.1) is 13.8 Å². The quantitative estimate of drug-likeness (QED) is 0.628. The van der Waals surface area contributed by atoms with E-state index in [0.29, 0.717) is 5.13 Å². The van der Waals surface area contributed by atoms with Gasteiger partial charge in [-0.25, -0.2) is 4.98 Å². The van der Waals surface area contributed by atoms with Gasteiger partial charge in [0.2, 0.25) is 0 Å². The van der Waals surface area contributed by atoms with Crippen LogP contribution < -0.4 is 5.32 Å². The first-order chi connectivity index (χ1) is 11.1. The number of benzene rings is 1. The first-order valence-corrected chi connectivity index (χ1v) is 9.97. The molecule has 6 heteroatoms. The fourth-order valence-electron chi connectivity index (χ4n) is 2.25. The molecule has 0 unspecified atom stereocenters. The topological polar surface area (TPSA) is 42.0 Å². The van der Waals surface area contributed by atoms with Gasteiger partial charge in [0.1, 0.15) is 0 Å². The Balaban J connectivity index is 1.76. The van der Waals surface area contributed by atoms with Crippen LogP contribution in [0.25, 0.3) is 11.3 Å². The third-order valence-corrected chi connectivity index (χ3v) is 5.86. The molecular weight excluding hydrogens is 344 g/mol. The molecule has 1 amide bonds. The van der Waals surface area contributed by atoms with E-state index in [-0.39, 0.29) is 5.91 Å². The Hall–Kier alpha value is -1.63. The minimum Gasteiger partial charge on any atom is -0.298 e. The van der Waals surface area contributed by atoms with Gasteiger partial charge in [0.05, 0.1) is 11.3 Å². The Bertz CT molecular complexity index is 834. The summed E-state index contributed by atoms with van der Waals surface area (Å²) >= 11 is 4.79. The van der Waals surface area contributed by atoms with Crippen LogP contribution in [0.1, 0.15) is 20.1 Å². The number of hydrogen-bond acceptors (Lipinski definition) is 5. The molecule has 0 atom stereocenters. The van der Waals surface area contributed by atoms with E-state index in [0.717, 1.165) is 26.6 Å². The highest BCUT2D eigenvalue weighted by Gasteiger charge is 2.14. The lowest BCUT2D eigenvalue weighted by molar-refractivity contribution is 0.102. The monoisotopic (exact) mass is 360 g/mol. The lowest BCUT2D eigenvalue weighted by atomic mass is 10.2. The van der Waals surface area contributed by atoms with E-state index in [2.05, 4.69) is 40.8 Å². The first kappa shape index (κ1) is 16.2. The Morgan fingerprint density at radius 3 is 2.57 bits per heavy atom. The number of thioether (sulfide) groups is 1. The summed E-state index contributed by atoms with van der Waals surface area (Å²) in [6, 6.07) is 10.2. The summed E-state index contributed by atoms with van der Waals surface area (Å²) in [4.78, 5) is 20.3. The zero-order valence-corrected chi connectivity index (χ0v) is 15.5. The molecule has 0 aliphatic carbocycles. The van der Waals surface area contributed by atoms with Gasteiger partial charge in [-0.1, -0.05) is 12.1 Å². The van der Waals surface area contributed by atoms with Gasteiger partial charge < -0.3 is 0 Å². The van der Waals surface area contributed by atoms with Crippen molar-refractivity contribution in [2.75, 3.05) is 11.6 Å². The van der Waals surface area contributed by atoms with Gasteiger partial charge in [0, 0.05) is 25.6 Å². The molecule has 2 heterocycles. The van der Waals surface area contributed by atoms with E-state index in [1.165, 1.54) is 16.2 Å². The van der Waals surface area contributed by atoms with E-state index < -0.39 is 0 Å². The molecule has 23 heavy (non-hydrogen) atoms. The zero-order valence-electron chi connectivity index (χ0n) is 13.0. The molecule has 0 saturated heterocycles. The molecule has 2 aromatic heterocycles. The Morgan fingerprint density at radius 2 is 1.96 bits per heavy atom. The second-order valence-corrected chi connectivity index (χ2v) is 8.25. The molecule has 3 rings (SSSR count). The Kier molecular flexibility index (Phi) is 4.84. The van der Waals surface area contributed by atoms with E-state index in [9.17, 15) is 4.79 Å². The average molecular weight is 361 g/mol. The number of anilines is 1. The highest BCUT2D eigenvalue weighted by Crippen LogP contribution is 2.28. The molecule has 3 nitrogen and oxygen atoms in total. The number of thiophene rings is 1. The predicted molar refractivity (Wildman–Crippen MR) is 101 cm³/mol. The summed E-state index contributed by atoms with van der Waals surface area (Å²) in [5, 5.41) is 5.49. The number of nitrogens with one attached hydrogen (secondary N) is 1. The van der Waals surface area contributed by atoms with Crippen LogP contribution in [0.3, 0.4) is 0 Å². The molecule has 0 aliphatic rings. The molecule has 0 spiro atoms. The van der Waals surface area contributed by atoms with Crippen LogP contribution in [0.15, 0.2) is 40.6 Å². The van der Waals surface area contributed by atoms with Crippen molar-refractivity contribution in [3.05, 3.63) is 51.0 Å². The number of carbonyl (C=O) groups excluding carboxylic acids is 1. The highest BCUT2D eigenvalue weighted by atomic mass is 32.2. The first-order valence-electron chi connectivity index (χ1n) is 7.05. The summed E-state index contributed by atoms with van der Waals surface area (Å²) < 4.78 is 0. The van der Waals surface area contributed by atoms with Crippen molar-refractivity contribution in [2.24, 2.45) is 0 Å². The summed E-state index contributed by atoms with van der Waals surface area (Å²) in [6.07, 6.45) is 2.06. The number of nitrogens with zero attached hydrogens (tertiary/aromatic N) is 1. The summed E-state index contributed by atoms with van der Waals surface area (Å²) in [7, 11) is 0. The maximum atomic E-state index is 12.3. The fourth-order valence-corrected chi connectivity index (χ4v) is 4.29. The van der Waals surface area contributed by atoms with Crippen LogP contribution in [0.5, 0.6) is 0 Å². The molecule has 0 radical (unpaired) electrons. The van der Waals surface area contributed by atoms with Crippen molar-refractivity contribution in [1.82, 2.24) is 4.98 Å². The molecule has 0 saturated carbocycles. The van der Waals surface area contributed by atoms with Crippen molar-refractivity contribution in [2.45, 2.75) is 18.7 Å². The fraction of sp³-hybridized carbons (Fsp3) is 0.176. The van der Waals surface area contributed by atoms with E-state index in [4.69, 9.17) is 0 Å². The maximum absolute atomic E-state index is 12.3. The number of rotatable bonds is 4. The molecule has 0 aliphatic heterocycles. The summed E-state index contributed by atoms with van der Waals surface area (Å²) in [5.41, 5.74) is 2.67. The number of hydrogen-bond donors (Lipinski definition) is 1. The van der Waals surface area contributed by atoms with E-state index >= 15 is 0 Å². The largest absolute Gasteiger partial charge is 0.298 e. The third kappa shape index (κ3) is 3.65. The van der Waals surface area contributed by atoms with Crippen molar-refractivity contribution >= 4 is 45.5 Å². The van der Waals surface area contributed by atoms with Crippen molar-refractivity contribution in [3.63, 3.8) is 0 Å². The lowest BCUT2D eigenvalue weighted by Gasteiger charge is -2.01. The third-order valence-electron chi connectivity index (χ3n) is 3.40. The van der Waals surface area contributed by atoms with Crippen LogP contribution in [0.4, 0.5) is 5.13 Å². The molecule has 1 N–H and O–H groups in total. The van der Waals surface area contributed by atoms with Gasteiger partial charge in [-0.05, 0) is 38.3 Å². The second-order valence-electron chi connectivity index (χ2n) is 5.05. The number of aromatic nitrogens is 1. The highest BCUT2D eigenvalue weighted by molar-refractivity contribution is 7.98. The predicted octanol–water partition coefficient (Wildman–Crippen LogP) is 5.46. The van der Waals surface area contributed by atoms with Crippen LogP contribution in [0.2, 0.25) is 0 Å². The lowest BCUT2D eigenvalue weighted by Crippen LogP contribution is -2.11. The number of thiazole rings is 1. The van der Waals surface area contributed by atoms with Gasteiger partial charge in [-0.2, -0.15) is 0 Å². The average Bonchev–Trinajstić information content (AvgIpc) is 3.13. The second kappa shape index (κ2) is 6.86. The number of carbonyl (C=O) groups is 1. The molecule has 0 bridgehead atoms. The van der Waals surface area contributed by atoms with Crippen LogP contribution in [-0.2, 0) is 0 Å². The number of amides is 1. The zero-order chi connectivity index (χ0) is 16.4. The molecule has 118 valence electrons. The van der Waals surface area contributed by atoms with Crippen molar-refractivity contribution in [3.8, 4) is 11.3 Å². The van der Waals surface area contributed by atoms with Crippen LogP contribution >= 0.6 is 34.4 Å². The molecule has 0 fully saturated rings. The minimum absolute atomic E-state index is 0.0921. The Labute approximate surface area is 147 Å². The van der Waals surface area contributed by atoms with E-state index in [1.807, 2.05) is 25.3 Å². The standard InChI is InChI=1S/C17H16N2OS3/c1-10-8-14(11(2)23-10)16(20)19-17-18-15(9-22-17)12-4-6-13(21-3)7-5-12/h4-9H,1-3H3,(H,18,19,20). The van der Waals surface area contributed by atoms with Gasteiger partial charge in [0.25, 0.3) is 5.91 Å². The Morgan fingerprint density at radius 1 is 1.22 bits per heavy atom. The molecule has 3 aromatic rings. The van der Waals surface area contributed by atoms with Crippen molar-refractivity contribution < 1.29 is 4.79 Å². The maximum Gasteiger partial charge on any atom is 0.258 e. The van der Waals surface area contributed by atoms with Crippen molar-refractivity contribution in [1.29, 1.82) is 0 Å². The van der Waals surface area contributed by atoms with Gasteiger partial charge in [0.15, 0.2) is 5.13 Å². The van der Waals surface area contributed by atoms with Crippen LogP contribution in [-0.4, -0.2) is 17.1 Å². The van der Waals surface area contributed by atoms with Gasteiger partial charge in [-0.3, -0.25) is 10.1 Å². The molecule has 1 aromatic carbocycles. The van der Waals surface area contributed by atoms with E-state index in [1.54, 1.807) is 23.1 Å². The number of aryl methyl sites for hydroxylation is 2.